The summed E-state index contributed by atoms with van der Waals surface area (Å²) in [5, 5.41) is 4.24. The molecular weight excluding hydrogens is 318 g/mol. The molecule has 1 atom stereocenters. The molecule has 5 rings (SSSR count). The first-order valence-electron chi connectivity index (χ1n) is 8.37. The summed E-state index contributed by atoms with van der Waals surface area (Å²) in [6, 6.07) is 8.31. The van der Waals surface area contributed by atoms with Gasteiger partial charge in [0.15, 0.2) is 17.3 Å². The van der Waals surface area contributed by atoms with Crippen molar-refractivity contribution in [3.8, 4) is 17.3 Å². The third kappa shape index (κ3) is 2.48. The number of ether oxygens (including phenoxy) is 2. The number of aromatic nitrogens is 4. The van der Waals surface area contributed by atoms with Crippen molar-refractivity contribution in [2.45, 2.75) is 18.9 Å². The fraction of sp³-hybridized carbons (Fsp3) is 0.278. The normalized spacial score (nSPS) is 18.7. The van der Waals surface area contributed by atoms with Gasteiger partial charge in [0.2, 0.25) is 6.79 Å². The topological polar surface area (TPSA) is 65.3 Å². The fourth-order valence-corrected chi connectivity index (χ4v) is 3.51. The average Bonchev–Trinajstić information content (AvgIpc) is 3.42. The van der Waals surface area contributed by atoms with Gasteiger partial charge < -0.3 is 14.4 Å². The number of anilines is 1. The van der Waals surface area contributed by atoms with Gasteiger partial charge in [-0.3, -0.25) is 4.98 Å². The molecule has 0 bridgehead atoms. The van der Waals surface area contributed by atoms with Crippen molar-refractivity contribution in [1.82, 2.24) is 19.7 Å². The summed E-state index contributed by atoms with van der Waals surface area (Å²) in [6.07, 6.45) is 9.34. The lowest BCUT2D eigenvalue weighted by molar-refractivity contribution is 0.174. The molecule has 7 heteroatoms. The lowest BCUT2D eigenvalue weighted by atomic mass is 10.0. The number of rotatable bonds is 3. The van der Waals surface area contributed by atoms with Crippen LogP contribution in [0.15, 0.2) is 49.1 Å². The Bertz CT molecular complexity index is 896. The van der Waals surface area contributed by atoms with E-state index in [4.69, 9.17) is 14.5 Å². The van der Waals surface area contributed by atoms with E-state index >= 15 is 0 Å². The van der Waals surface area contributed by atoms with E-state index in [9.17, 15) is 0 Å². The van der Waals surface area contributed by atoms with Crippen LogP contribution in [-0.2, 0) is 0 Å². The van der Waals surface area contributed by atoms with Crippen molar-refractivity contribution < 1.29 is 9.47 Å². The molecule has 7 nitrogen and oxygen atoms in total. The zero-order chi connectivity index (χ0) is 16.6. The third-order valence-electron chi connectivity index (χ3n) is 4.68. The molecule has 0 radical (unpaired) electrons. The highest BCUT2D eigenvalue weighted by Crippen LogP contribution is 2.40. The summed E-state index contributed by atoms with van der Waals surface area (Å²) in [5.41, 5.74) is 1.22. The predicted octanol–water partition coefficient (Wildman–Crippen LogP) is 2.73. The molecule has 2 aromatic heterocycles. The highest BCUT2D eigenvalue weighted by Gasteiger charge is 2.29. The van der Waals surface area contributed by atoms with Crippen LogP contribution >= 0.6 is 0 Å². The van der Waals surface area contributed by atoms with Gasteiger partial charge in [0.25, 0.3) is 0 Å². The summed E-state index contributed by atoms with van der Waals surface area (Å²) in [7, 11) is 0. The maximum atomic E-state index is 5.53. The van der Waals surface area contributed by atoms with Crippen LogP contribution in [0.5, 0.6) is 11.5 Å². The third-order valence-corrected chi connectivity index (χ3v) is 4.68. The highest BCUT2D eigenvalue weighted by molar-refractivity contribution is 5.49. The molecule has 2 aliphatic rings. The largest absolute Gasteiger partial charge is 0.454 e. The Morgan fingerprint density at radius 2 is 2.00 bits per heavy atom. The summed E-state index contributed by atoms with van der Waals surface area (Å²) < 4.78 is 12.7. The second-order valence-electron chi connectivity index (χ2n) is 6.15. The number of hydrogen-bond acceptors (Lipinski definition) is 6. The second-order valence-corrected chi connectivity index (χ2v) is 6.15. The molecule has 0 amide bonds. The second kappa shape index (κ2) is 5.77. The molecule has 25 heavy (non-hydrogen) atoms. The van der Waals surface area contributed by atoms with Crippen molar-refractivity contribution in [3.63, 3.8) is 0 Å². The van der Waals surface area contributed by atoms with E-state index in [2.05, 4.69) is 27.1 Å². The van der Waals surface area contributed by atoms with E-state index in [1.54, 1.807) is 17.1 Å². The first-order valence-corrected chi connectivity index (χ1v) is 8.37. The molecular formula is C18H17N5O2. The standard InChI is InChI=1S/C18H17N5O2/c1-3-14(13-4-5-15-16(9-13)25-12-24-15)22(7-1)17-10-19-11-18(21-17)23-8-2-6-20-23/h2,4-6,8-11,14H,1,3,7,12H2. The lowest BCUT2D eigenvalue weighted by Gasteiger charge is -2.26. The zero-order valence-electron chi connectivity index (χ0n) is 13.6. The Hall–Kier alpha value is -3.09. The molecule has 4 heterocycles. The van der Waals surface area contributed by atoms with Gasteiger partial charge >= 0.3 is 0 Å². The van der Waals surface area contributed by atoms with E-state index in [0.717, 1.165) is 42.5 Å². The maximum Gasteiger partial charge on any atom is 0.231 e. The summed E-state index contributed by atoms with van der Waals surface area (Å²) in [6.45, 7) is 1.25. The molecule has 3 aromatic rings. The van der Waals surface area contributed by atoms with Crippen molar-refractivity contribution in [1.29, 1.82) is 0 Å². The van der Waals surface area contributed by atoms with Gasteiger partial charge in [-0.05, 0) is 36.6 Å². The van der Waals surface area contributed by atoms with E-state index in [1.165, 1.54) is 5.56 Å². The molecule has 1 saturated heterocycles. The van der Waals surface area contributed by atoms with Gasteiger partial charge in [-0.2, -0.15) is 5.10 Å². The lowest BCUT2D eigenvalue weighted by Crippen LogP contribution is -2.24. The van der Waals surface area contributed by atoms with E-state index in [-0.39, 0.29) is 6.04 Å². The Morgan fingerprint density at radius 1 is 1.08 bits per heavy atom. The first-order chi connectivity index (χ1) is 12.4. The molecule has 0 spiro atoms. The number of benzene rings is 1. The van der Waals surface area contributed by atoms with Gasteiger partial charge in [-0.25, -0.2) is 9.67 Å². The van der Waals surface area contributed by atoms with Crippen LogP contribution in [0.4, 0.5) is 5.82 Å². The minimum atomic E-state index is 0.261. The van der Waals surface area contributed by atoms with Crippen LogP contribution in [0, 0.1) is 0 Å². The minimum Gasteiger partial charge on any atom is -0.454 e. The summed E-state index contributed by atoms with van der Waals surface area (Å²) >= 11 is 0. The molecule has 1 fully saturated rings. The van der Waals surface area contributed by atoms with Gasteiger partial charge in [0.1, 0.15) is 5.82 Å². The Labute approximate surface area is 144 Å². The molecule has 2 aliphatic heterocycles. The predicted molar refractivity (Wildman–Crippen MR) is 91.0 cm³/mol. The Kier molecular flexibility index (Phi) is 3.29. The van der Waals surface area contributed by atoms with E-state index in [0.29, 0.717) is 6.79 Å². The van der Waals surface area contributed by atoms with E-state index < -0.39 is 0 Å². The first kappa shape index (κ1) is 14.3. The molecule has 0 aliphatic carbocycles. The number of fused-ring (bicyclic) bond motifs is 1. The molecule has 126 valence electrons. The maximum absolute atomic E-state index is 5.53. The monoisotopic (exact) mass is 335 g/mol. The van der Waals surface area contributed by atoms with Crippen molar-refractivity contribution in [3.05, 3.63) is 54.6 Å². The summed E-state index contributed by atoms with van der Waals surface area (Å²) in [5.74, 6) is 3.22. The highest BCUT2D eigenvalue weighted by atomic mass is 16.7. The zero-order valence-corrected chi connectivity index (χ0v) is 13.6. The van der Waals surface area contributed by atoms with Crippen LogP contribution in [0.3, 0.4) is 0 Å². The fourth-order valence-electron chi connectivity index (χ4n) is 3.51. The van der Waals surface area contributed by atoms with Gasteiger partial charge in [-0.1, -0.05) is 6.07 Å². The molecule has 1 unspecified atom stereocenters. The average molecular weight is 335 g/mol. The van der Waals surface area contributed by atoms with Gasteiger partial charge in [-0.15, -0.1) is 0 Å². The van der Waals surface area contributed by atoms with Crippen LogP contribution in [-0.4, -0.2) is 33.1 Å². The molecule has 0 saturated carbocycles. The van der Waals surface area contributed by atoms with Gasteiger partial charge in [0, 0.05) is 18.9 Å². The van der Waals surface area contributed by atoms with Crippen LogP contribution < -0.4 is 14.4 Å². The van der Waals surface area contributed by atoms with Crippen molar-refractivity contribution >= 4 is 5.82 Å². The van der Waals surface area contributed by atoms with Gasteiger partial charge in [0.05, 0.1) is 18.4 Å². The van der Waals surface area contributed by atoms with Crippen molar-refractivity contribution in [2.24, 2.45) is 0 Å². The SMILES string of the molecule is c1cnn(-c2cncc(N3CCCC3c3ccc4c(c3)OCO4)n2)c1. The Morgan fingerprint density at radius 3 is 2.92 bits per heavy atom. The Balaban J connectivity index is 1.48. The number of nitrogens with zero attached hydrogens (tertiary/aromatic N) is 5. The molecule has 1 aromatic carbocycles. The van der Waals surface area contributed by atoms with Crippen molar-refractivity contribution in [2.75, 3.05) is 18.2 Å². The number of hydrogen-bond donors (Lipinski definition) is 0. The van der Waals surface area contributed by atoms with Crippen LogP contribution in [0.25, 0.3) is 5.82 Å². The molecule has 0 N–H and O–H groups in total. The summed E-state index contributed by atoms with van der Waals surface area (Å²) in [4.78, 5) is 11.4. The van der Waals surface area contributed by atoms with Crippen LogP contribution in [0.1, 0.15) is 24.4 Å². The van der Waals surface area contributed by atoms with Crippen LogP contribution in [0.2, 0.25) is 0 Å². The quantitative estimate of drug-likeness (QED) is 0.733. The smallest absolute Gasteiger partial charge is 0.231 e. The van der Waals surface area contributed by atoms with E-state index in [1.807, 2.05) is 24.5 Å². The minimum absolute atomic E-state index is 0.261.